The molecule has 2 N–H and O–H groups in total. The summed E-state index contributed by atoms with van der Waals surface area (Å²) in [6.07, 6.45) is 2.27. The van der Waals surface area contributed by atoms with E-state index in [1.807, 2.05) is 6.92 Å². The van der Waals surface area contributed by atoms with E-state index in [2.05, 4.69) is 15.6 Å². The van der Waals surface area contributed by atoms with Gasteiger partial charge in [0.25, 0.3) is 0 Å². The highest BCUT2D eigenvalue weighted by atomic mass is 35.5. The van der Waals surface area contributed by atoms with Crippen molar-refractivity contribution in [3.05, 3.63) is 34.6 Å². The Balaban J connectivity index is 1.56. The number of rotatable bonds is 6. The fourth-order valence-electron chi connectivity index (χ4n) is 3.66. The van der Waals surface area contributed by atoms with Crippen molar-refractivity contribution in [2.24, 2.45) is 4.99 Å². The Morgan fingerprint density at radius 2 is 2.00 bits per heavy atom. The van der Waals surface area contributed by atoms with Crippen LogP contribution in [0, 0.1) is 5.82 Å². The van der Waals surface area contributed by atoms with E-state index in [-0.39, 0.29) is 29.6 Å². The molecule has 1 saturated carbocycles. The van der Waals surface area contributed by atoms with E-state index >= 15 is 0 Å². The molecule has 9 heteroatoms. The Kier molecular flexibility index (Phi) is 6.83. The summed E-state index contributed by atoms with van der Waals surface area (Å²) >= 11 is 6.18. The van der Waals surface area contributed by atoms with E-state index in [1.54, 1.807) is 23.4 Å². The van der Waals surface area contributed by atoms with E-state index in [0.29, 0.717) is 36.2 Å². The van der Waals surface area contributed by atoms with Crippen LogP contribution in [0.2, 0.25) is 5.02 Å². The van der Waals surface area contributed by atoms with Gasteiger partial charge in [-0.1, -0.05) is 17.7 Å². The average Bonchev–Trinajstić information content (AvgIpc) is 3.40. The maximum absolute atomic E-state index is 14.1. The number of sulfonamides is 1. The lowest BCUT2D eigenvalue weighted by Crippen LogP contribution is -2.50. The van der Waals surface area contributed by atoms with E-state index in [4.69, 9.17) is 11.6 Å². The van der Waals surface area contributed by atoms with Crippen molar-refractivity contribution >= 4 is 27.6 Å². The average molecular weight is 431 g/mol. The molecule has 0 bridgehead atoms. The van der Waals surface area contributed by atoms with Gasteiger partial charge in [-0.3, -0.25) is 4.99 Å². The van der Waals surface area contributed by atoms with Gasteiger partial charge in [0.1, 0.15) is 5.82 Å². The zero-order valence-corrected chi connectivity index (χ0v) is 17.9. The van der Waals surface area contributed by atoms with Crippen LogP contribution in [0.5, 0.6) is 0 Å². The van der Waals surface area contributed by atoms with Crippen LogP contribution in [0.1, 0.15) is 44.6 Å². The molecule has 6 nitrogen and oxygen atoms in total. The third kappa shape index (κ3) is 4.96. The van der Waals surface area contributed by atoms with Gasteiger partial charge in [0, 0.05) is 48.2 Å². The van der Waals surface area contributed by atoms with E-state index in [0.717, 1.165) is 19.3 Å². The molecule has 2 fully saturated rings. The second kappa shape index (κ2) is 8.97. The Hall–Kier alpha value is -1.38. The second-order valence-electron chi connectivity index (χ2n) is 7.27. The molecule has 2 atom stereocenters. The van der Waals surface area contributed by atoms with Crippen LogP contribution >= 0.6 is 11.6 Å². The summed E-state index contributed by atoms with van der Waals surface area (Å²) in [6.45, 7) is 5.28. The van der Waals surface area contributed by atoms with Crippen molar-refractivity contribution in [1.82, 2.24) is 14.9 Å². The Bertz CT molecular complexity index is 805. The van der Waals surface area contributed by atoms with Crippen LogP contribution < -0.4 is 10.6 Å². The predicted octanol–water partition coefficient (Wildman–Crippen LogP) is 2.70. The molecule has 2 aliphatic rings. The number of hydrogen-bond acceptors (Lipinski definition) is 3. The Labute approximate surface area is 171 Å². The van der Waals surface area contributed by atoms with Crippen molar-refractivity contribution in [2.75, 3.05) is 25.4 Å². The fraction of sp³-hybridized carbons (Fsp3) is 0.632. The van der Waals surface area contributed by atoms with Crippen molar-refractivity contribution < 1.29 is 12.8 Å². The molecule has 0 radical (unpaired) electrons. The fourth-order valence-corrected chi connectivity index (χ4v) is 5.09. The summed E-state index contributed by atoms with van der Waals surface area (Å²) in [4.78, 5) is 4.49. The monoisotopic (exact) mass is 430 g/mol. The molecular weight excluding hydrogens is 403 g/mol. The van der Waals surface area contributed by atoms with Crippen molar-refractivity contribution in [1.29, 1.82) is 0 Å². The van der Waals surface area contributed by atoms with E-state index in [1.165, 1.54) is 6.07 Å². The topological polar surface area (TPSA) is 73.8 Å². The highest BCUT2D eigenvalue weighted by Gasteiger charge is 2.42. The lowest BCUT2D eigenvalue weighted by molar-refractivity contribution is 0.306. The molecule has 3 rings (SSSR count). The van der Waals surface area contributed by atoms with Gasteiger partial charge in [0.15, 0.2) is 5.96 Å². The third-order valence-electron chi connectivity index (χ3n) is 5.35. The second-order valence-corrected chi connectivity index (χ2v) is 9.93. The van der Waals surface area contributed by atoms with Gasteiger partial charge in [-0.15, -0.1) is 0 Å². The highest BCUT2D eigenvalue weighted by molar-refractivity contribution is 7.89. The molecule has 1 aliphatic carbocycles. The first-order valence-corrected chi connectivity index (χ1v) is 11.8. The van der Waals surface area contributed by atoms with Crippen molar-refractivity contribution in [3.63, 3.8) is 0 Å². The minimum atomic E-state index is -3.13. The maximum atomic E-state index is 14.1. The van der Waals surface area contributed by atoms with Crippen LogP contribution in [-0.4, -0.2) is 56.2 Å². The predicted molar refractivity (Wildman–Crippen MR) is 111 cm³/mol. The first-order chi connectivity index (χ1) is 13.4. The van der Waals surface area contributed by atoms with Gasteiger partial charge in [0.05, 0.1) is 5.75 Å². The van der Waals surface area contributed by atoms with Crippen molar-refractivity contribution in [2.45, 2.75) is 51.1 Å². The number of nitrogens with one attached hydrogen (secondary N) is 2. The molecular formula is C19H28ClFN4O2S. The molecule has 1 aliphatic heterocycles. The van der Waals surface area contributed by atoms with Crippen LogP contribution in [-0.2, 0) is 10.0 Å². The SMILES string of the molecule is CCN=C(NC1CCN(S(=O)(=O)CC)CC1)NC1CC1c1c(F)cccc1Cl. The first-order valence-electron chi connectivity index (χ1n) is 9.85. The molecule has 0 spiro atoms. The number of aliphatic imine (C=N–C) groups is 1. The van der Waals surface area contributed by atoms with Crippen LogP contribution in [0.25, 0.3) is 0 Å². The van der Waals surface area contributed by atoms with Gasteiger partial charge >= 0.3 is 0 Å². The molecule has 28 heavy (non-hydrogen) atoms. The summed E-state index contributed by atoms with van der Waals surface area (Å²) in [5.41, 5.74) is 0.565. The number of benzene rings is 1. The standard InChI is InChI=1S/C19H28ClFN4O2S/c1-3-22-19(23-13-8-10-25(11-9-13)28(26,27)4-2)24-17-12-14(17)18-15(20)6-5-7-16(18)21/h5-7,13-14,17H,3-4,8-12H2,1-2H3,(H2,22,23,24). The smallest absolute Gasteiger partial charge is 0.213 e. The lowest BCUT2D eigenvalue weighted by Gasteiger charge is -2.32. The van der Waals surface area contributed by atoms with Gasteiger partial charge in [-0.2, -0.15) is 0 Å². The zero-order valence-electron chi connectivity index (χ0n) is 16.3. The Morgan fingerprint density at radius 3 is 2.61 bits per heavy atom. The summed E-state index contributed by atoms with van der Waals surface area (Å²) in [5.74, 6) is 0.596. The zero-order chi connectivity index (χ0) is 20.3. The van der Waals surface area contributed by atoms with Gasteiger partial charge in [-0.25, -0.2) is 17.1 Å². The summed E-state index contributed by atoms with van der Waals surface area (Å²) in [7, 11) is -3.13. The number of piperidine rings is 1. The molecule has 2 unspecified atom stereocenters. The van der Waals surface area contributed by atoms with Crippen molar-refractivity contribution in [3.8, 4) is 0 Å². The normalized spacial score (nSPS) is 24.2. The van der Waals surface area contributed by atoms with Crippen LogP contribution in [0.3, 0.4) is 0 Å². The van der Waals surface area contributed by atoms with Gasteiger partial charge in [0.2, 0.25) is 10.0 Å². The number of nitrogens with zero attached hydrogens (tertiary/aromatic N) is 2. The number of halogens is 2. The quantitative estimate of drug-likeness (QED) is 0.537. The molecule has 0 amide bonds. The Morgan fingerprint density at radius 1 is 1.29 bits per heavy atom. The molecule has 1 aromatic carbocycles. The minimum absolute atomic E-state index is 0.0362. The highest BCUT2D eigenvalue weighted by Crippen LogP contribution is 2.44. The lowest BCUT2D eigenvalue weighted by atomic mass is 10.1. The maximum Gasteiger partial charge on any atom is 0.213 e. The minimum Gasteiger partial charge on any atom is -0.354 e. The van der Waals surface area contributed by atoms with Crippen LogP contribution in [0.15, 0.2) is 23.2 Å². The van der Waals surface area contributed by atoms with Gasteiger partial charge in [-0.05, 0) is 45.2 Å². The summed E-state index contributed by atoms with van der Waals surface area (Å²) in [5, 5.41) is 7.25. The van der Waals surface area contributed by atoms with Crippen LogP contribution in [0.4, 0.5) is 4.39 Å². The van der Waals surface area contributed by atoms with Gasteiger partial charge < -0.3 is 10.6 Å². The molecule has 0 aromatic heterocycles. The largest absolute Gasteiger partial charge is 0.354 e. The molecule has 156 valence electrons. The summed E-state index contributed by atoms with van der Waals surface area (Å²) < 4.78 is 39.7. The first kappa shape index (κ1) is 21.3. The molecule has 1 saturated heterocycles. The number of hydrogen-bond donors (Lipinski definition) is 2. The third-order valence-corrected chi connectivity index (χ3v) is 7.56. The summed E-state index contributed by atoms with van der Waals surface area (Å²) in [6, 6.07) is 5.02. The molecule has 1 aromatic rings. The van der Waals surface area contributed by atoms with E-state index in [9.17, 15) is 12.8 Å². The molecule has 1 heterocycles. The number of guanidine groups is 1. The van der Waals surface area contributed by atoms with E-state index < -0.39 is 10.0 Å².